The first-order valence-electron chi connectivity index (χ1n) is 6.59. The van der Waals surface area contributed by atoms with Crippen LogP contribution in [-0.4, -0.2) is 28.6 Å². The van der Waals surface area contributed by atoms with Crippen molar-refractivity contribution in [3.05, 3.63) is 24.2 Å². The minimum absolute atomic E-state index is 0.270. The molecular weight excluding hydrogens is 246 g/mol. The lowest BCUT2D eigenvalue weighted by molar-refractivity contribution is -0.134. The molecule has 1 aromatic rings. The van der Waals surface area contributed by atoms with Crippen molar-refractivity contribution in [1.29, 1.82) is 0 Å². The lowest BCUT2D eigenvalue weighted by Gasteiger charge is -2.39. The molecule has 0 aliphatic carbocycles. The highest BCUT2D eigenvalue weighted by atomic mass is 32.2. The third kappa shape index (κ3) is 3.31. The van der Waals surface area contributed by atoms with Crippen LogP contribution in [-0.2, 0) is 10.5 Å². The van der Waals surface area contributed by atoms with Gasteiger partial charge < -0.3 is 9.32 Å². The Morgan fingerprint density at radius 2 is 2.17 bits per heavy atom. The Morgan fingerprint density at radius 1 is 1.44 bits per heavy atom. The molecule has 0 bridgehead atoms. The molecule has 100 valence electrons. The summed E-state index contributed by atoms with van der Waals surface area (Å²) in [4.78, 5) is 14.3. The van der Waals surface area contributed by atoms with Gasteiger partial charge >= 0.3 is 0 Å². The van der Waals surface area contributed by atoms with Gasteiger partial charge in [0.2, 0.25) is 5.91 Å². The van der Waals surface area contributed by atoms with Gasteiger partial charge in [0.05, 0.1) is 17.8 Å². The Kier molecular flexibility index (Phi) is 4.75. The van der Waals surface area contributed by atoms with Crippen LogP contribution in [0.4, 0.5) is 0 Å². The second-order valence-corrected chi connectivity index (χ2v) is 5.99. The zero-order chi connectivity index (χ0) is 13.0. The zero-order valence-corrected chi connectivity index (χ0v) is 11.9. The van der Waals surface area contributed by atoms with Gasteiger partial charge in [0, 0.05) is 12.1 Å². The fraction of sp³-hybridized carbons (Fsp3) is 0.643. The number of hydrogen-bond donors (Lipinski definition) is 0. The van der Waals surface area contributed by atoms with Gasteiger partial charge in [0.1, 0.15) is 5.76 Å². The minimum Gasteiger partial charge on any atom is -0.468 e. The van der Waals surface area contributed by atoms with E-state index < -0.39 is 0 Å². The molecule has 0 spiro atoms. The van der Waals surface area contributed by atoms with Gasteiger partial charge in [-0.05, 0) is 45.2 Å². The Bertz CT molecular complexity index is 367. The van der Waals surface area contributed by atoms with Crippen molar-refractivity contribution in [2.75, 3.05) is 5.75 Å². The zero-order valence-electron chi connectivity index (χ0n) is 11.1. The van der Waals surface area contributed by atoms with E-state index >= 15 is 0 Å². The molecule has 0 radical (unpaired) electrons. The average Bonchev–Trinajstić information content (AvgIpc) is 2.82. The molecule has 2 rings (SSSR count). The van der Waals surface area contributed by atoms with Crippen molar-refractivity contribution in [3.63, 3.8) is 0 Å². The van der Waals surface area contributed by atoms with Gasteiger partial charge in [0.25, 0.3) is 0 Å². The van der Waals surface area contributed by atoms with E-state index in [0.717, 1.165) is 24.4 Å². The summed E-state index contributed by atoms with van der Waals surface area (Å²) in [6.45, 7) is 4.31. The molecule has 0 unspecified atom stereocenters. The predicted molar refractivity (Wildman–Crippen MR) is 74.5 cm³/mol. The molecule has 1 aliphatic heterocycles. The highest BCUT2D eigenvalue weighted by Crippen LogP contribution is 2.24. The third-order valence-corrected chi connectivity index (χ3v) is 4.47. The van der Waals surface area contributed by atoms with Crippen molar-refractivity contribution in [2.45, 2.75) is 50.9 Å². The van der Waals surface area contributed by atoms with E-state index in [-0.39, 0.29) is 5.91 Å². The van der Waals surface area contributed by atoms with Crippen LogP contribution in [0, 0.1) is 0 Å². The summed E-state index contributed by atoms with van der Waals surface area (Å²) in [6, 6.07) is 4.62. The minimum atomic E-state index is 0.270. The second kappa shape index (κ2) is 6.32. The summed E-state index contributed by atoms with van der Waals surface area (Å²) in [7, 11) is 0. The molecule has 1 aliphatic rings. The first-order valence-corrected chi connectivity index (χ1v) is 7.75. The second-order valence-electron chi connectivity index (χ2n) is 5.00. The monoisotopic (exact) mass is 267 g/mol. The van der Waals surface area contributed by atoms with E-state index in [9.17, 15) is 4.79 Å². The third-order valence-electron chi connectivity index (χ3n) is 3.53. The quantitative estimate of drug-likeness (QED) is 0.839. The molecule has 1 fully saturated rings. The molecule has 1 amide bonds. The Hall–Kier alpha value is -0.900. The normalized spacial score (nSPS) is 24.2. The van der Waals surface area contributed by atoms with Crippen molar-refractivity contribution in [3.8, 4) is 0 Å². The lowest BCUT2D eigenvalue weighted by atomic mass is 9.98. The van der Waals surface area contributed by atoms with Crippen LogP contribution in [0.25, 0.3) is 0 Å². The van der Waals surface area contributed by atoms with Crippen molar-refractivity contribution < 1.29 is 9.21 Å². The summed E-state index contributed by atoms with van der Waals surface area (Å²) in [6.07, 6.45) is 5.19. The van der Waals surface area contributed by atoms with Crippen molar-refractivity contribution >= 4 is 17.7 Å². The number of likely N-dealkylation sites (tertiary alicyclic amines) is 1. The number of carbonyl (C=O) groups excluding carboxylic acids is 1. The summed E-state index contributed by atoms with van der Waals surface area (Å²) in [5.41, 5.74) is 0. The van der Waals surface area contributed by atoms with Crippen molar-refractivity contribution in [2.24, 2.45) is 0 Å². The standard InChI is InChI=1S/C14H21NO2S/c1-11-5-3-6-12(2)15(11)14(16)10-18-9-13-7-4-8-17-13/h4,7-8,11-12H,3,5-6,9-10H2,1-2H3/t11-,12+. The smallest absolute Gasteiger partial charge is 0.233 e. The van der Waals surface area contributed by atoms with Gasteiger partial charge in [-0.1, -0.05) is 0 Å². The van der Waals surface area contributed by atoms with Gasteiger partial charge in [-0.15, -0.1) is 11.8 Å². The van der Waals surface area contributed by atoms with E-state index in [1.54, 1.807) is 18.0 Å². The van der Waals surface area contributed by atoms with Gasteiger partial charge in [-0.3, -0.25) is 4.79 Å². The van der Waals surface area contributed by atoms with Crippen molar-refractivity contribution in [1.82, 2.24) is 4.90 Å². The van der Waals surface area contributed by atoms with Crippen LogP contribution >= 0.6 is 11.8 Å². The molecule has 4 heteroatoms. The number of nitrogens with zero attached hydrogens (tertiary/aromatic N) is 1. The summed E-state index contributed by atoms with van der Waals surface area (Å²) >= 11 is 1.63. The Labute approximate surface area is 113 Å². The molecule has 1 saturated heterocycles. The van der Waals surface area contributed by atoms with E-state index in [4.69, 9.17) is 4.42 Å². The number of furan rings is 1. The number of amides is 1. The molecule has 0 saturated carbocycles. The maximum atomic E-state index is 12.2. The fourth-order valence-corrected chi connectivity index (χ4v) is 3.41. The highest BCUT2D eigenvalue weighted by Gasteiger charge is 2.28. The maximum Gasteiger partial charge on any atom is 0.233 e. The predicted octanol–water partition coefficient (Wildman–Crippen LogP) is 3.30. The number of piperidine rings is 1. The van der Waals surface area contributed by atoms with E-state index in [0.29, 0.717) is 17.8 Å². The highest BCUT2D eigenvalue weighted by molar-refractivity contribution is 7.99. The van der Waals surface area contributed by atoms with Gasteiger partial charge in [0.15, 0.2) is 0 Å². The molecule has 0 aromatic carbocycles. The number of carbonyl (C=O) groups is 1. The molecule has 2 atom stereocenters. The Balaban J connectivity index is 1.79. The van der Waals surface area contributed by atoms with Crippen LogP contribution in [0.15, 0.2) is 22.8 Å². The number of thioether (sulfide) groups is 1. The van der Waals surface area contributed by atoms with E-state index in [1.165, 1.54) is 6.42 Å². The fourth-order valence-electron chi connectivity index (χ4n) is 2.62. The SMILES string of the molecule is C[C@@H]1CCC[C@H](C)N1C(=O)CSCc1ccco1. The van der Waals surface area contributed by atoms with Crippen LogP contribution < -0.4 is 0 Å². The van der Waals surface area contributed by atoms with Gasteiger partial charge in [-0.2, -0.15) is 0 Å². The van der Waals surface area contributed by atoms with E-state index in [2.05, 4.69) is 18.7 Å². The molecule has 1 aromatic heterocycles. The maximum absolute atomic E-state index is 12.2. The molecular formula is C14H21NO2S. The molecule has 3 nitrogen and oxygen atoms in total. The molecule has 18 heavy (non-hydrogen) atoms. The lowest BCUT2D eigenvalue weighted by Crippen LogP contribution is -2.48. The average molecular weight is 267 g/mol. The van der Waals surface area contributed by atoms with Crippen LogP contribution in [0.2, 0.25) is 0 Å². The van der Waals surface area contributed by atoms with Crippen LogP contribution in [0.1, 0.15) is 38.9 Å². The number of hydrogen-bond acceptors (Lipinski definition) is 3. The summed E-state index contributed by atoms with van der Waals surface area (Å²) < 4.78 is 5.26. The molecule has 0 N–H and O–H groups in total. The molecule has 2 heterocycles. The van der Waals surface area contributed by atoms with Crippen LogP contribution in [0.3, 0.4) is 0 Å². The first kappa shape index (κ1) is 13.5. The Morgan fingerprint density at radius 3 is 2.78 bits per heavy atom. The summed E-state index contributed by atoms with van der Waals surface area (Å²) in [5.74, 6) is 2.53. The number of rotatable bonds is 4. The first-order chi connectivity index (χ1) is 8.68. The van der Waals surface area contributed by atoms with Gasteiger partial charge in [-0.25, -0.2) is 0 Å². The summed E-state index contributed by atoms with van der Waals surface area (Å²) in [5, 5.41) is 0. The largest absolute Gasteiger partial charge is 0.468 e. The van der Waals surface area contributed by atoms with Crippen LogP contribution in [0.5, 0.6) is 0 Å². The topological polar surface area (TPSA) is 33.5 Å². The van der Waals surface area contributed by atoms with E-state index in [1.807, 2.05) is 12.1 Å².